The monoisotopic (exact) mass is 445 g/mol. The second kappa shape index (κ2) is 12.1. The summed E-state index contributed by atoms with van der Waals surface area (Å²) in [4.78, 5) is 4.92. The average molecular weight is 446 g/mol. The van der Waals surface area contributed by atoms with Gasteiger partial charge in [-0.2, -0.15) is 0 Å². The first kappa shape index (κ1) is 25.1. The van der Waals surface area contributed by atoms with Gasteiger partial charge in [-0.1, -0.05) is 37.8 Å². The molecule has 0 saturated heterocycles. The van der Waals surface area contributed by atoms with E-state index < -0.39 is 12.5 Å². The minimum atomic E-state index is -0.666. The normalized spacial score (nSPS) is 20.8. The van der Waals surface area contributed by atoms with Gasteiger partial charge in [0.25, 0.3) is 0 Å². The molecule has 7 nitrogen and oxygen atoms in total. The number of anilines is 1. The number of aromatic nitrogens is 1. The molecule has 7 N–H and O–H groups in total. The van der Waals surface area contributed by atoms with Gasteiger partial charge in [-0.25, -0.2) is 4.98 Å². The van der Waals surface area contributed by atoms with Crippen molar-refractivity contribution in [2.45, 2.75) is 96.7 Å². The Morgan fingerprint density at radius 2 is 1.97 bits per heavy atom. The van der Waals surface area contributed by atoms with Crippen LogP contribution in [0.3, 0.4) is 0 Å². The zero-order valence-electron chi connectivity index (χ0n) is 20.1. The molecule has 180 valence electrons. The lowest BCUT2D eigenvalue weighted by Gasteiger charge is -2.33. The van der Waals surface area contributed by atoms with Crippen LogP contribution in [-0.4, -0.2) is 41.6 Å². The molecule has 2 aliphatic carbocycles. The second-order valence-corrected chi connectivity index (χ2v) is 9.55. The minimum Gasteiger partial charge on any atom is -0.396 e. The lowest BCUT2D eigenvalue weighted by molar-refractivity contribution is 0.00400. The van der Waals surface area contributed by atoms with E-state index in [0.717, 1.165) is 41.9 Å². The Bertz CT molecular complexity index is 761. The van der Waals surface area contributed by atoms with Crippen molar-refractivity contribution in [1.29, 1.82) is 0 Å². The summed E-state index contributed by atoms with van der Waals surface area (Å²) in [6, 6.07) is 2.89. The predicted octanol–water partition coefficient (Wildman–Crippen LogP) is 3.43. The summed E-state index contributed by atoms with van der Waals surface area (Å²) in [5.74, 6) is 0.816. The molecule has 32 heavy (non-hydrogen) atoms. The van der Waals surface area contributed by atoms with Crippen molar-refractivity contribution in [1.82, 2.24) is 10.3 Å². The summed E-state index contributed by atoms with van der Waals surface area (Å²) in [7, 11) is 0. The van der Waals surface area contributed by atoms with E-state index in [4.69, 9.17) is 21.2 Å². The van der Waals surface area contributed by atoms with Crippen LogP contribution in [0.4, 0.5) is 5.82 Å². The third-order valence-electron chi connectivity index (χ3n) is 6.82. The number of hydrogen-bond donors (Lipinski definition) is 5. The van der Waals surface area contributed by atoms with Gasteiger partial charge in [-0.05, 0) is 57.6 Å². The van der Waals surface area contributed by atoms with Crippen LogP contribution in [0, 0.1) is 5.92 Å². The van der Waals surface area contributed by atoms with Crippen molar-refractivity contribution >= 4 is 11.9 Å². The first-order valence-corrected chi connectivity index (χ1v) is 12.4. The van der Waals surface area contributed by atoms with Gasteiger partial charge in [-0.3, -0.25) is 0 Å². The number of aliphatic hydroxyl groups is 1. The standard InChI is InChI=1S/C25H43N5O2/c1-4-22(29-20-8-6-5-7-9-20)19(15-31)14-28-25-21(24(27)32-17(3)26)13-18-12-16(2)10-11-23(18)30-25/h12-13,17,19-20,22,24,29,31H,4-11,14-15,26-27H2,1-3H3,(H,28,30). The summed E-state index contributed by atoms with van der Waals surface area (Å²) >= 11 is 0. The number of hydrogen-bond acceptors (Lipinski definition) is 7. The van der Waals surface area contributed by atoms with Gasteiger partial charge in [0, 0.05) is 36.7 Å². The molecule has 1 saturated carbocycles. The highest BCUT2D eigenvalue weighted by Gasteiger charge is 2.25. The Morgan fingerprint density at radius 3 is 2.62 bits per heavy atom. The van der Waals surface area contributed by atoms with E-state index in [1.807, 2.05) is 0 Å². The maximum absolute atomic E-state index is 10.2. The maximum Gasteiger partial charge on any atom is 0.137 e. The third kappa shape index (κ3) is 6.75. The minimum absolute atomic E-state index is 0.0836. The van der Waals surface area contributed by atoms with Crippen LogP contribution in [0.25, 0.3) is 6.08 Å². The molecular weight excluding hydrogens is 402 g/mol. The Morgan fingerprint density at radius 1 is 1.22 bits per heavy atom. The van der Waals surface area contributed by atoms with Crippen molar-refractivity contribution in [3.63, 3.8) is 0 Å². The number of nitrogens with zero attached hydrogens (tertiary/aromatic N) is 1. The highest BCUT2D eigenvalue weighted by atomic mass is 16.5. The zero-order valence-corrected chi connectivity index (χ0v) is 20.1. The molecule has 0 aliphatic heterocycles. The maximum atomic E-state index is 10.2. The van der Waals surface area contributed by atoms with Crippen molar-refractivity contribution in [2.24, 2.45) is 17.4 Å². The fraction of sp³-hybridized carbons (Fsp3) is 0.720. The van der Waals surface area contributed by atoms with Gasteiger partial charge < -0.3 is 31.9 Å². The van der Waals surface area contributed by atoms with Crippen LogP contribution < -0.4 is 22.1 Å². The summed E-state index contributed by atoms with van der Waals surface area (Å²) in [5, 5.41) is 17.5. The molecule has 3 rings (SSSR count). The largest absolute Gasteiger partial charge is 0.396 e. The molecule has 0 spiro atoms. The lowest BCUT2D eigenvalue weighted by atomic mass is 9.91. The Labute approximate surface area is 193 Å². The van der Waals surface area contributed by atoms with E-state index in [1.165, 1.54) is 37.7 Å². The highest BCUT2D eigenvalue weighted by molar-refractivity contribution is 5.62. The third-order valence-corrected chi connectivity index (χ3v) is 6.82. The van der Waals surface area contributed by atoms with E-state index in [1.54, 1.807) is 6.92 Å². The summed E-state index contributed by atoms with van der Waals surface area (Å²) in [6.07, 6.45) is 10.3. The van der Waals surface area contributed by atoms with Crippen LogP contribution in [-0.2, 0) is 11.2 Å². The Hall–Kier alpha value is -1.51. The Balaban J connectivity index is 1.76. The number of rotatable bonds is 11. The number of nitrogens with one attached hydrogen (secondary N) is 2. The molecule has 7 heteroatoms. The molecule has 0 radical (unpaired) electrons. The molecule has 0 aromatic carbocycles. The predicted molar refractivity (Wildman–Crippen MR) is 131 cm³/mol. The molecule has 1 aromatic rings. The van der Waals surface area contributed by atoms with Gasteiger partial charge in [0.2, 0.25) is 0 Å². The number of allylic oxidation sites excluding steroid dienone is 1. The van der Waals surface area contributed by atoms with Gasteiger partial charge in [0.1, 0.15) is 18.3 Å². The topological polar surface area (TPSA) is 118 Å². The van der Waals surface area contributed by atoms with Crippen molar-refractivity contribution in [2.75, 3.05) is 18.5 Å². The first-order valence-electron chi connectivity index (χ1n) is 12.4. The van der Waals surface area contributed by atoms with E-state index in [0.29, 0.717) is 12.6 Å². The van der Waals surface area contributed by atoms with Gasteiger partial charge in [0.05, 0.1) is 5.69 Å². The van der Waals surface area contributed by atoms with Crippen LogP contribution in [0.1, 0.15) is 88.8 Å². The second-order valence-electron chi connectivity index (χ2n) is 9.55. The fourth-order valence-corrected chi connectivity index (χ4v) is 4.95. The van der Waals surface area contributed by atoms with Crippen LogP contribution in [0.15, 0.2) is 11.6 Å². The summed E-state index contributed by atoms with van der Waals surface area (Å²) in [5.41, 5.74) is 16.5. The molecule has 4 unspecified atom stereocenters. The lowest BCUT2D eigenvalue weighted by Crippen LogP contribution is -2.46. The molecule has 1 fully saturated rings. The highest BCUT2D eigenvalue weighted by Crippen LogP contribution is 2.30. The fourth-order valence-electron chi connectivity index (χ4n) is 4.95. The van der Waals surface area contributed by atoms with Gasteiger partial charge in [-0.15, -0.1) is 0 Å². The SMILES string of the molecule is CCC(NC1CCCCC1)C(CO)CNc1nc2c(cc1C(N)OC(C)N)C=C(C)CC2. The van der Waals surface area contributed by atoms with Gasteiger partial charge in [0.15, 0.2) is 0 Å². The van der Waals surface area contributed by atoms with Crippen molar-refractivity contribution in [3.8, 4) is 0 Å². The van der Waals surface area contributed by atoms with Gasteiger partial charge >= 0.3 is 0 Å². The molecule has 1 heterocycles. The van der Waals surface area contributed by atoms with E-state index in [2.05, 4.69) is 36.6 Å². The molecule has 2 aliphatic rings. The zero-order chi connectivity index (χ0) is 23.1. The number of aryl methyl sites for hydroxylation is 1. The van der Waals surface area contributed by atoms with E-state index in [-0.39, 0.29) is 18.6 Å². The number of ether oxygens (including phenoxy) is 1. The molecular formula is C25H43N5O2. The summed E-state index contributed by atoms with van der Waals surface area (Å²) in [6.45, 7) is 6.84. The smallest absolute Gasteiger partial charge is 0.137 e. The van der Waals surface area contributed by atoms with Crippen molar-refractivity contribution < 1.29 is 9.84 Å². The molecule has 0 amide bonds. The number of fused-ring (bicyclic) bond motifs is 1. The number of nitrogens with two attached hydrogens (primary N) is 2. The van der Waals surface area contributed by atoms with E-state index >= 15 is 0 Å². The van der Waals surface area contributed by atoms with Crippen LogP contribution in [0.2, 0.25) is 0 Å². The van der Waals surface area contributed by atoms with E-state index in [9.17, 15) is 5.11 Å². The molecule has 1 aromatic heterocycles. The first-order chi connectivity index (χ1) is 15.4. The Kier molecular flexibility index (Phi) is 9.49. The quantitative estimate of drug-likeness (QED) is 0.331. The summed E-state index contributed by atoms with van der Waals surface area (Å²) < 4.78 is 5.69. The van der Waals surface area contributed by atoms with Crippen LogP contribution in [0.5, 0.6) is 0 Å². The van der Waals surface area contributed by atoms with Crippen molar-refractivity contribution in [3.05, 3.63) is 28.5 Å². The number of aliphatic hydroxyl groups excluding tert-OH is 1. The molecule has 0 bridgehead atoms. The molecule has 4 atom stereocenters. The van der Waals surface area contributed by atoms with Crippen LogP contribution >= 0.6 is 0 Å². The number of pyridine rings is 1. The average Bonchev–Trinajstić information content (AvgIpc) is 2.78.